The lowest BCUT2D eigenvalue weighted by Gasteiger charge is -2.22. The second-order valence-corrected chi connectivity index (χ2v) is 2.41. The number of methoxy groups -OCH3 is 1. The number of hydrogen-bond donors (Lipinski definition) is 2. The van der Waals surface area contributed by atoms with Crippen LogP contribution in [0, 0.1) is 5.41 Å². The molecule has 0 aliphatic carbocycles. The van der Waals surface area contributed by atoms with Crippen LogP contribution in [0.2, 0.25) is 0 Å². The Bertz CT molecular complexity index is 137. The van der Waals surface area contributed by atoms with Crippen LogP contribution in [-0.2, 0) is 4.74 Å². The third-order valence-corrected chi connectivity index (χ3v) is 1.78. The molecule has 0 amide bonds. The molecule has 4 heteroatoms. The van der Waals surface area contributed by atoms with Crippen molar-refractivity contribution in [2.75, 3.05) is 13.7 Å². The maximum absolute atomic E-state index is 7.15. The fourth-order valence-electron chi connectivity index (χ4n) is 1.26. The van der Waals surface area contributed by atoms with Crippen molar-refractivity contribution in [2.45, 2.75) is 19.1 Å². The SMILES string of the molecule is COC1CCCN1C(=N)N. The maximum atomic E-state index is 7.15. The molecule has 0 spiro atoms. The fraction of sp³-hybridized carbons (Fsp3) is 0.833. The summed E-state index contributed by atoms with van der Waals surface area (Å²) in [5, 5.41) is 7.15. The Morgan fingerprint density at radius 2 is 2.50 bits per heavy atom. The van der Waals surface area contributed by atoms with Crippen LogP contribution >= 0.6 is 0 Å². The molecule has 3 N–H and O–H groups in total. The van der Waals surface area contributed by atoms with Gasteiger partial charge >= 0.3 is 0 Å². The van der Waals surface area contributed by atoms with Crippen LogP contribution in [0.4, 0.5) is 0 Å². The fourth-order valence-corrected chi connectivity index (χ4v) is 1.26. The van der Waals surface area contributed by atoms with E-state index in [9.17, 15) is 0 Å². The lowest BCUT2D eigenvalue weighted by molar-refractivity contribution is 0.0325. The Hall–Kier alpha value is -0.770. The lowest BCUT2D eigenvalue weighted by Crippen LogP contribution is -2.40. The average molecular weight is 143 g/mol. The zero-order valence-electron chi connectivity index (χ0n) is 6.13. The van der Waals surface area contributed by atoms with Gasteiger partial charge in [-0.15, -0.1) is 0 Å². The molecule has 1 heterocycles. The van der Waals surface area contributed by atoms with Gasteiger partial charge in [0.25, 0.3) is 0 Å². The Labute approximate surface area is 60.5 Å². The predicted octanol–water partition coefficient (Wildman–Crippen LogP) is -0.0518. The van der Waals surface area contributed by atoms with E-state index in [0.717, 1.165) is 19.4 Å². The van der Waals surface area contributed by atoms with Gasteiger partial charge in [-0.2, -0.15) is 0 Å². The average Bonchev–Trinajstić information content (AvgIpc) is 2.33. The highest BCUT2D eigenvalue weighted by Gasteiger charge is 2.24. The van der Waals surface area contributed by atoms with Crippen molar-refractivity contribution in [2.24, 2.45) is 5.73 Å². The summed E-state index contributed by atoms with van der Waals surface area (Å²) in [5.74, 6) is 0.115. The normalized spacial score (nSPS) is 25.3. The Balaban J connectivity index is 2.50. The van der Waals surface area contributed by atoms with E-state index in [1.807, 2.05) is 0 Å². The molecule has 1 fully saturated rings. The van der Waals surface area contributed by atoms with Gasteiger partial charge in [-0.3, -0.25) is 5.41 Å². The number of hydrogen-bond acceptors (Lipinski definition) is 2. The number of nitrogens with two attached hydrogens (primary N) is 1. The molecular weight excluding hydrogens is 130 g/mol. The van der Waals surface area contributed by atoms with Crippen LogP contribution in [0.3, 0.4) is 0 Å². The topological polar surface area (TPSA) is 62.3 Å². The summed E-state index contributed by atoms with van der Waals surface area (Å²) in [4.78, 5) is 1.76. The lowest BCUT2D eigenvalue weighted by atomic mass is 10.4. The highest BCUT2D eigenvalue weighted by Crippen LogP contribution is 2.15. The number of ether oxygens (including phenoxy) is 1. The van der Waals surface area contributed by atoms with Crippen molar-refractivity contribution < 1.29 is 4.74 Å². The Kier molecular flexibility index (Phi) is 2.11. The number of nitrogens with one attached hydrogen (secondary N) is 1. The van der Waals surface area contributed by atoms with E-state index >= 15 is 0 Å². The summed E-state index contributed by atoms with van der Waals surface area (Å²) in [7, 11) is 1.64. The molecule has 1 aliphatic rings. The molecule has 0 saturated carbocycles. The molecule has 10 heavy (non-hydrogen) atoms. The summed E-state index contributed by atoms with van der Waals surface area (Å²) in [5.41, 5.74) is 5.29. The summed E-state index contributed by atoms with van der Waals surface area (Å²) >= 11 is 0. The molecule has 0 aromatic heterocycles. The van der Waals surface area contributed by atoms with E-state index in [2.05, 4.69) is 0 Å². The molecule has 0 radical (unpaired) electrons. The quantitative estimate of drug-likeness (QED) is 0.399. The van der Waals surface area contributed by atoms with Gasteiger partial charge in [-0.25, -0.2) is 0 Å². The Morgan fingerprint density at radius 1 is 1.80 bits per heavy atom. The van der Waals surface area contributed by atoms with Crippen molar-refractivity contribution in [3.63, 3.8) is 0 Å². The first kappa shape index (κ1) is 7.34. The molecule has 0 aromatic carbocycles. The van der Waals surface area contributed by atoms with E-state index in [-0.39, 0.29) is 12.2 Å². The molecule has 0 bridgehead atoms. The van der Waals surface area contributed by atoms with Crippen LogP contribution in [0.5, 0.6) is 0 Å². The van der Waals surface area contributed by atoms with Crippen LogP contribution in [-0.4, -0.2) is 30.7 Å². The molecule has 1 aliphatic heterocycles. The van der Waals surface area contributed by atoms with E-state index in [4.69, 9.17) is 15.9 Å². The van der Waals surface area contributed by atoms with Gasteiger partial charge in [0.05, 0.1) is 0 Å². The zero-order valence-corrected chi connectivity index (χ0v) is 6.13. The summed E-state index contributed by atoms with van der Waals surface area (Å²) in [6.07, 6.45) is 2.09. The first-order valence-electron chi connectivity index (χ1n) is 3.39. The zero-order chi connectivity index (χ0) is 7.56. The van der Waals surface area contributed by atoms with Crippen LogP contribution in [0.25, 0.3) is 0 Å². The van der Waals surface area contributed by atoms with Gasteiger partial charge in [0.1, 0.15) is 6.23 Å². The van der Waals surface area contributed by atoms with Gasteiger partial charge < -0.3 is 15.4 Å². The van der Waals surface area contributed by atoms with Gasteiger partial charge in [0.15, 0.2) is 5.96 Å². The standard InChI is InChI=1S/C6H13N3O/c1-10-5-3-2-4-9(5)6(7)8/h5H,2-4H2,1H3,(H3,7,8). The third kappa shape index (κ3) is 1.21. The summed E-state index contributed by atoms with van der Waals surface area (Å²) in [6.45, 7) is 0.855. The third-order valence-electron chi connectivity index (χ3n) is 1.78. The maximum Gasteiger partial charge on any atom is 0.190 e. The second kappa shape index (κ2) is 2.88. The summed E-state index contributed by atoms with van der Waals surface area (Å²) < 4.78 is 5.09. The predicted molar refractivity (Wildman–Crippen MR) is 38.7 cm³/mol. The minimum atomic E-state index is 0.0394. The molecule has 1 atom stereocenters. The first-order valence-corrected chi connectivity index (χ1v) is 3.39. The smallest absolute Gasteiger partial charge is 0.190 e. The number of nitrogens with zero attached hydrogens (tertiary/aromatic N) is 1. The van der Waals surface area contributed by atoms with Crippen molar-refractivity contribution in [1.29, 1.82) is 5.41 Å². The monoisotopic (exact) mass is 143 g/mol. The van der Waals surface area contributed by atoms with Crippen molar-refractivity contribution in [3.05, 3.63) is 0 Å². The van der Waals surface area contributed by atoms with Crippen LogP contribution in [0.15, 0.2) is 0 Å². The van der Waals surface area contributed by atoms with Gasteiger partial charge in [-0.1, -0.05) is 0 Å². The van der Waals surface area contributed by atoms with Crippen LogP contribution < -0.4 is 5.73 Å². The van der Waals surface area contributed by atoms with Gasteiger partial charge in [0.2, 0.25) is 0 Å². The Morgan fingerprint density at radius 3 is 2.90 bits per heavy atom. The van der Waals surface area contributed by atoms with E-state index in [1.165, 1.54) is 0 Å². The first-order chi connectivity index (χ1) is 4.75. The van der Waals surface area contributed by atoms with Crippen LogP contribution in [0.1, 0.15) is 12.8 Å². The van der Waals surface area contributed by atoms with Crippen molar-refractivity contribution in [1.82, 2.24) is 4.90 Å². The van der Waals surface area contributed by atoms with E-state index in [1.54, 1.807) is 12.0 Å². The number of likely N-dealkylation sites (tertiary alicyclic amines) is 1. The molecule has 4 nitrogen and oxygen atoms in total. The molecule has 1 rings (SSSR count). The van der Waals surface area contributed by atoms with E-state index < -0.39 is 0 Å². The second-order valence-electron chi connectivity index (χ2n) is 2.41. The molecule has 1 saturated heterocycles. The summed E-state index contributed by atoms with van der Waals surface area (Å²) in [6, 6.07) is 0. The number of guanidine groups is 1. The minimum Gasteiger partial charge on any atom is -0.370 e. The van der Waals surface area contributed by atoms with Crippen molar-refractivity contribution >= 4 is 5.96 Å². The number of rotatable bonds is 1. The molecule has 0 aromatic rings. The van der Waals surface area contributed by atoms with Gasteiger partial charge in [-0.05, 0) is 12.8 Å². The van der Waals surface area contributed by atoms with Crippen molar-refractivity contribution in [3.8, 4) is 0 Å². The highest BCUT2D eigenvalue weighted by atomic mass is 16.5. The van der Waals surface area contributed by atoms with Gasteiger partial charge in [0, 0.05) is 13.7 Å². The largest absolute Gasteiger partial charge is 0.370 e. The highest BCUT2D eigenvalue weighted by molar-refractivity contribution is 5.75. The molecular formula is C6H13N3O. The molecule has 1 unspecified atom stereocenters. The molecule has 58 valence electrons. The minimum absolute atomic E-state index is 0.0394. The van der Waals surface area contributed by atoms with E-state index in [0.29, 0.717) is 0 Å².